The van der Waals surface area contributed by atoms with Crippen molar-refractivity contribution in [3.05, 3.63) is 203 Å². The first-order chi connectivity index (χ1) is 31.7. The van der Waals surface area contributed by atoms with E-state index >= 15 is 0 Å². The molecule has 1 aromatic heterocycles. The number of furan rings is 1. The van der Waals surface area contributed by atoms with Gasteiger partial charge in [0.15, 0.2) is 5.58 Å². The second-order valence-corrected chi connectivity index (χ2v) is 18.9. The predicted molar refractivity (Wildman–Crippen MR) is 275 cm³/mol. The number of benzene rings is 7. The van der Waals surface area contributed by atoms with E-state index in [1.54, 1.807) is 0 Å². The van der Waals surface area contributed by atoms with Crippen LogP contribution in [-0.4, -0.2) is 0 Å². The van der Waals surface area contributed by atoms with Gasteiger partial charge in [0, 0.05) is 45.4 Å². The maximum Gasteiger partial charge on any atom is 0.158 e. The number of hydrogen-bond acceptors (Lipinski definition) is 4. The van der Waals surface area contributed by atoms with E-state index < -0.39 is 0 Å². The Morgan fingerprint density at radius 2 is 1.18 bits per heavy atom. The fourth-order valence-corrected chi connectivity index (χ4v) is 10.5. The van der Waals surface area contributed by atoms with Crippen molar-refractivity contribution in [1.82, 2.24) is 0 Å². The average Bonchev–Trinajstić information content (AvgIpc) is 3.86. The third-order valence-corrected chi connectivity index (χ3v) is 14.0. The fraction of sp³-hybridized carbons (Fsp3) is 0.213. The van der Waals surface area contributed by atoms with Crippen LogP contribution in [0, 0.1) is 11.8 Å². The summed E-state index contributed by atoms with van der Waals surface area (Å²) >= 11 is 0. The van der Waals surface area contributed by atoms with Crippen LogP contribution in [0.1, 0.15) is 89.2 Å². The quantitative estimate of drug-likeness (QED) is 0.135. The highest BCUT2D eigenvalue weighted by Crippen LogP contribution is 2.51. The highest BCUT2D eigenvalue weighted by Gasteiger charge is 2.35. The van der Waals surface area contributed by atoms with Crippen molar-refractivity contribution in [1.29, 1.82) is 0 Å². The van der Waals surface area contributed by atoms with Crippen LogP contribution in [0.5, 0.6) is 0 Å². The average molecular weight is 849 g/mol. The van der Waals surface area contributed by atoms with E-state index in [1.165, 1.54) is 54.6 Å². The summed E-state index contributed by atoms with van der Waals surface area (Å²) in [5.41, 5.74) is 12.5. The molecule has 8 aromatic rings. The molecule has 0 fully saturated rings. The minimum atomic E-state index is 0.179. The van der Waals surface area contributed by atoms with E-state index in [-0.39, 0.29) is 5.92 Å². The molecule has 4 heteroatoms. The van der Waals surface area contributed by atoms with E-state index in [0.717, 1.165) is 75.2 Å². The van der Waals surface area contributed by atoms with Gasteiger partial charge in [-0.1, -0.05) is 144 Å². The Kier molecular flexibility index (Phi) is 10.1. The summed E-state index contributed by atoms with van der Waals surface area (Å²) in [4.78, 5) is 4.89. The van der Waals surface area contributed by atoms with Crippen molar-refractivity contribution < 1.29 is 9.15 Å². The van der Waals surface area contributed by atoms with Gasteiger partial charge in [-0.05, 0) is 131 Å². The maximum atomic E-state index is 6.94. The van der Waals surface area contributed by atoms with Crippen LogP contribution < -0.4 is 9.80 Å². The molecule has 0 saturated heterocycles. The van der Waals surface area contributed by atoms with Gasteiger partial charge in [-0.2, -0.15) is 0 Å². The zero-order valence-electron chi connectivity index (χ0n) is 38.5. The van der Waals surface area contributed by atoms with Gasteiger partial charge < -0.3 is 19.0 Å². The predicted octanol–water partition coefficient (Wildman–Crippen LogP) is 17.6. The van der Waals surface area contributed by atoms with E-state index in [2.05, 4.69) is 222 Å². The maximum absolute atomic E-state index is 6.94. The van der Waals surface area contributed by atoms with Crippen molar-refractivity contribution in [2.75, 3.05) is 9.80 Å². The molecule has 0 radical (unpaired) electrons. The zero-order valence-corrected chi connectivity index (χ0v) is 38.5. The van der Waals surface area contributed by atoms with Crippen LogP contribution in [0.3, 0.4) is 0 Å². The molecule has 322 valence electrons. The minimum absolute atomic E-state index is 0.179. The standard InChI is InChI=1S/C61H56N2O2/c1-8-15-58-40(7)45-20-13-22-54(60(45)64-58)62(43-29-25-41(26-30-43)37(2)3)56-35-52-47-17-10-12-19-49(47)57(36-53(52)46-16-9-11-18-48(46)56)63(44-31-27-42(28-32-44)38(4)5)55-23-14-21-51-50-33-24-39(6)34-59(50)65-61(51)55/h8-19,21-33,35-39,45H,20,34H2,1-7H3/b15-8-. The second-order valence-electron chi connectivity index (χ2n) is 18.9. The molecule has 2 atom stereocenters. The first-order valence-corrected chi connectivity index (χ1v) is 23.5. The van der Waals surface area contributed by atoms with Crippen LogP contribution in [-0.2, 0) is 11.2 Å². The SMILES string of the molecule is C/C=C\C1=C(C)C2CC=CC(N(c3ccc(C(C)C)cc3)c3cc4c5ccccc5c(N(c5ccc(C(C)C)cc5)c5cccc6c7c(oc56)CC(C)C=C7)cc4c4ccccc34)=C2O1. The minimum Gasteiger partial charge on any atom is -0.459 e. The van der Waals surface area contributed by atoms with Crippen molar-refractivity contribution in [2.45, 2.75) is 73.1 Å². The molecule has 7 aromatic carbocycles. The lowest BCUT2D eigenvalue weighted by atomic mass is 9.90. The summed E-state index contributed by atoms with van der Waals surface area (Å²) in [6.07, 6.45) is 15.2. The van der Waals surface area contributed by atoms with Gasteiger partial charge in [0.25, 0.3) is 0 Å². The van der Waals surface area contributed by atoms with Gasteiger partial charge in [-0.15, -0.1) is 0 Å². The number of hydrogen-bond donors (Lipinski definition) is 0. The summed E-state index contributed by atoms with van der Waals surface area (Å²) in [6, 6.07) is 47.7. The summed E-state index contributed by atoms with van der Waals surface area (Å²) < 4.78 is 13.8. The van der Waals surface area contributed by atoms with Crippen LogP contribution in [0.25, 0.3) is 49.4 Å². The first-order valence-electron chi connectivity index (χ1n) is 23.5. The Morgan fingerprint density at radius 1 is 0.615 bits per heavy atom. The molecule has 0 N–H and O–H groups in total. The van der Waals surface area contributed by atoms with E-state index in [0.29, 0.717) is 17.8 Å². The van der Waals surface area contributed by atoms with Crippen LogP contribution in [0.4, 0.5) is 28.4 Å². The van der Waals surface area contributed by atoms with Crippen LogP contribution in [0.2, 0.25) is 0 Å². The van der Waals surface area contributed by atoms with Gasteiger partial charge in [-0.3, -0.25) is 0 Å². The third kappa shape index (κ3) is 6.81. The zero-order chi connectivity index (χ0) is 44.5. The lowest BCUT2D eigenvalue weighted by molar-refractivity contribution is 0.311. The highest BCUT2D eigenvalue weighted by atomic mass is 16.5. The number of allylic oxidation sites excluding steroid dienone is 6. The van der Waals surface area contributed by atoms with Gasteiger partial charge in [-0.25, -0.2) is 0 Å². The largest absolute Gasteiger partial charge is 0.459 e. The van der Waals surface area contributed by atoms with Gasteiger partial charge in [0.1, 0.15) is 17.3 Å². The molecule has 0 amide bonds. The molecule has 3 aliphatic rings. The Morgan fingerprint density at radius 3 is 1.78 bits per heavy atom. The normalized spacial score (nSPS) is 17.1. The topological polar surface area (TPSA) is 28.9 Å². The van der Waals surface area contributed by atoms with E-state index in [1.807, 2.05) is 0 Å². The van der Waals surface area contributed by atoms with Crippen molar-refractivity contribution in [3.63, 3.8) is 0 Å². The number of fused-ring (bicyclic) bond motifs is 9. The summed E-state index contributed by atoms with van der Waals surface area (Å²) in [5, 5.41) is 8.25. The molecule has 2 heterocycles. The van der Waals surface area contributed by atoms with Crippen LogP contribution >= 0.6 is 0 Å². The molecule has 0 spiro atoms. The van der Waals surface area contributed by atoms with Crippen molar-refractivity contribution >= 4 is 77.8 Å². The smallest absolute Gasteiger partial charge is 0.158 e. The number of ether oxygens (including phenoxy) is 1. The van der Waals surface area contributed by atoms with Gasteiger partial charge in [0.2, 0.25) is 0 Å². The molecular weight excluding hydrogens is 793 g/mol. The Hall–Kier alpha value is -7.04. The molecule has 2 aliphatic carbocycles. The lowest BCUT2D eigenvalue weighted by Gasteiger charge is -2.32. The molecule has 65 heavy (non-hydrogen) atoms. The lowest BCUT2D eigenvalue weighted by Crippen LogP contribution is -2.21. The number of anilines is 5. The summed E-state index contributed by atoms with van der Waals surface area (Å²) in [6.45, 7) is 15.6. The Labute approximate surface area is 383 Å². The van der Waals surface area contributed by atoms with Gasteiger partial charge in [0.05, 0.1) is 22.8 Å². The molecule has 4 nitrogen and oxygen atoms in total. The highest BCUT2D eigenvalue weighted by molar-refractivity contribution is 6.24. The van der Waals surface area contributed by atoms with Crippen molar-refractivity contribution in [2.24, 2.45) is 11.8 Å². The van der Waals surface area contributed by atoms with Crippen LogP contribution in [0.15, 0.2) is 185 Å². The number of para-hydroxylation sites is 1. The number of rotatable bonds is 9. The molecule has 0 bridgehead atoms. The van der Waals surface area contributed by atoms with E-state index in [4.69, 9.17) is 9.15 Å². The Bertz CT molecular complexity index is 3340. The Balaban J connectivity index is 1.19. The summed E-state index contributed by atoms with van der Waals surface area (Å²) in [5.74, 6) is 4.47. The monoisotopic (exact) mass is 848 g/mol. The molecule has 0 saturated carbocycles. The molecular formula is C61H56N2O2. The summed E-state index contributed by atoms with van der Waals surface area (Å²) in [7, 11) is 0. The molecule has 11 rings (SSSR count). The van der Waals surface area contributed by atoms with Crippen molar-refractivity contribution in [3.8, 4) is 0 Å². The second kappa shape index (κ2) is 16.2. The molecule has 1 aliphatic heterocycles. The fourth-order valence-electron chi connectivity index (χ4n) is 10.5. The molecule has 2 unspecified atom stereocenters. The first kappa shape index (κ1) is 40.7. The van der Waals surface area contributed by atoms with Gasteiger partial charge >= 0.3 is 0 Å². The number of nitrogens with zero attached hydrogens (tertiary/aromatic N) is 2. The van der Waals surface area contributed by atoms with E-state index in [9.17, 15) is 0 Å². The third-order valence-electron chi connectivity index (χ3n) is 14.0.